The van der Waals surface area contributed by atoms with Crippen molar-refractivity contribution >= 4 is 39.0 Å². The Labute approximate surface area is 187 Å². The number of aliphatic hydroxyl groups is 1. The van der Waals surface area contributed by atoms with Crippen LogP contribution in [0.3, 0.4) is 0 Å². The molecule has 1 atom stereocenters. The molecule has 4 rings (SSSR count). The number of anilines is 1. The normalized spacial score (nSPS) is 17.3. The number of hydrogen-bond acceptors (Lipinski definition) is 5. The van der Waals surface area contributed by atoms with E-state index in [2.05, 4.69) is 54.9 Å². The van der Waals surface area contributed by atoms with Gasteiger partial charge in [-0.15, -0.1) is 11.3 Å². The van der Waals surface area contributed by atoms with E-state index in [0.29, 0.717) is 17.2 Å². The van der Waals surface area contributed by atoms with Crippen molar-refractivity contribution in [2.24, 2.45) is 0 Å². The molecule has 1 aliphatic heterocycles. The standard InChI is InChI=1S/C24H30ClN3OS/c1-4-19-20(17-10-8-16(9-11-17)15(2)3)21-22(26-24(25)27-23(21)30-19)28-13-6-5-7-18(28)12-14-29/h8-11,15,18,29H,4-7,12-14H2,1-3H3. The molecular weight excluding hydrogens is 414 g/mol. The maximum absolute atomic E-state index is 9.61. The molecule has 1 fully saturated rings. The molecule has 4 nitrogen and oxygen atoms in total. The van der Waals surface area contributed by atoms with E-state index in [1.165, 1.54) is 28.0 Å². The molecule has 0 saturated carbocycles. The van der Waals surface area contributed by atoms with E-state index in [1.54, 1.807) is 11.3 Å². The zero-order valence-corrected chi connectivity index (χ0v) is 19.6. The minimum atomic E-state index is 0.191. The number of fused-ring (bicyclic) bond motifs is 1. The Kier molecular flexibility index (Phi) is 6.61. The van der Waals surface area contributed by atoms with Gasteiger partial charge in [0.25, 0.3) is 0 Å². The second kappa shape index (κ2) is 9.21. The fraction of sp³-hybridized carbons (Fsp3) is 0.500. The van der Waals surface area contributed by atoms with Crippen molar-refractivity contribution in [2.75, 3.05) is 18.1 Å². The van der Waals surface area contributed by atoms with Crippen LogP contribution in [0.1, 0.15) is 62.8 Å². The zero-order chi connectivity index (χ0) is 21.3. The maximum Gasteiger partial charge on any atom is 0.225 e. The quantitative estimate of drug-likeness (QED) is 0.445. The summed E-state index contributed by atoms with van der Waals surface area (Å²) in [6, 6.07) is 9.22. The van der Waals surface area contributed by atoms with Gasteiger partial charge < -0.3 is 10.0 Å². The number of aliphatic hydroxyl groups excluding tert-OH is 1. The number of rotatable bonds is 6. The fourth-order valence-electron chi connectivity index (χ4n) is 4.53. The third-order valence-corrected chi connectivity index (χ3v) is 7.52. The number of thiophene rings is 1. The summed E-state index contributed by atoms with van der Waals surface area (Å²) in [6.07, 6.45) is 5.10. The SMILES string of the molecule is CCc1sc2nc(Cl)nc(N3CCCCC3CCO)c2c1-c1ccc(C(C)C)cc1. The Hall–Kier alpha value is -1.69. The molecule has 0 spiro atoms. The molecule has 0 amide bonds. The Bertz CT molecular complexity index is 1010. The average molecular weight is 444 g/mol. The van der Waals surface area contributed by atoms with E-state index in [9.17, 15) is 5.11 Å². The molecule has 6 heteroatoms. The van der Waals surface area contributed by atoms with Gasteiger partial charge in [-0.05, 0) is 60.7 Å². The molecule has 1 aliphatic rings. The Morgan fingerprint density at radius 1 is 1.20 bits per heavy atom. The van der Waals surface area contributed by atoms with Gasteiger partial charge in [0, 0.05) is 29.6 Å². The molecule has 0 radical (unpaired) electrons. The van der Waals surface area contributed by atoms with Gasteiger partial charge >= 0.3 is 0 Å². The largest absolute Gasteiger partial charge is 0.396 e. The highest BCUT2D eigenvalue weighted by Crippen LogP contribution is 2.44. The lowest BCUT2D eigenvalue weighted by Gasteiger charge is -2.37. The summed E-state index contributed by atoms with van der Waals surface area (Å²) in [5, 5.41) is 11.0. The number of piperidine rings is 1. The molecular formula is C24H30ClN3OS. The lowest BCUT2D eigenvalue weighted by molar-refractivity contribution is 0.262. The third-order valence-electron chi connectivity index (χ3n) is 6.13. The first-order valence-corrected chi connectivity index (χ1v) is 12.2. The molecule has 3 aromatic rings. The van der Waals surface area contributed by atoms with E-state index in [4.69, 9.17) is 16.6 Å². The van der Waals surface area contributed by atoms with Crippen molar-refractivity contribution in [3.05, 3.63) is 40.0 Å². The Morgan fingerprint density at radius 3 is 2.63 bits per heavy atom. The maximum atomic E-state index is 9.61. The molecule has 0 aliphatic carbocycles. The number of benzene rings is 1. The average Bonchev–Trinajstić information content (AvgIpc) is 3.12. The first-order chi connectivity index (χ1) is 14.5. The highest BCUT2D eigenvalue weighted by Gasteiger charge is 2.28. The smallest absolute Gasteiger partial charge is 0.225 e. The lowest BCUT2D eigenvalue weighted by Crippen LogP contribution is -2.40. The molecule has 3 heterocycles. The summed E-state index contributed by atoms with van der Waals surface area (Å²) in [6.45, 7) is 7.77. The topological polar surface area (TPSA) is 49.2 Å². The summed E-state index contributed by atoms with van der Waals surface area (Å²) in [7, 11) is 0. The molecule has 1 aromatic carbocycles. The van der Waals surface area contributed by atoms with Crippen LogP contribution in [0.4, 0.5) is 5.82 Å². The fourth-order valence-corrected chi connectivity index (χ4v) is 5.87. The molecule has 1 saturated heterocycles. The number of nitrogens with zero attached hydrogens (tertiary/aromatic N) is 3. The van der Waals surface area contributed by atoms with Crippen molar-refractivity contribution < 1.29 is 5.11 Å². The minimum absolute atomic E-state index is 0.191. The van der Waals surface area contributed by atoms with Gasteiger partial charge in [0.15, 0.2) is 0 Å². The lowest BCUT2D eigenvalue weighted by atomic mass is 9.96. The predicted octanol–water partition coefficient (Wildman–Crippen LogP) is 6.44. The van der Waals surface area contributed by atoms with Crippen LogP contribution in [-0.4, -0.2) is 34.3 Å². The van der Waals surface area contributed by atoms with Crippen molar-refractivity contribution in [1.82, 2.24) is 9.97 Å². The molecule has 30 heavy (non-hydrogen) atoms. The van der Waals surface area contributed by atoms with Crippen LogP contribution < -0.4 is 4.90 Å². The van der Waals surface area contributed by atoms with Crippen LogP contribution in [0.15, 0.2) is 24.3 Å². The van der Waals surface area contributed by atoms with E-state index in [1.807, 2.05) is 0 Å². The van der Waals surface area contributed by atoms with Gasteiger partial charge in [0.05, 0.1) is 5.39 Å². The van der Waals surface area contributed by atoms with Crippen molar-refractivity contribution in [2.45, 2.75) is 64.8 Å². The number of hydrogen-bond donors (Lipinski definition) is 1. The summed E-state index contributed by atoms with van der Waals surface area (Å²) in [4.78, 5) is 14.0. The van der Waals surface area contributed by atoms with Gasteiger partial charge in [-0.1, -0.05) is 45.0 Å². The number of aryl methyl sites for hydroxylation is 1. The van der Waals surface area contributed by atoms with Crippen LogP contribution in [0.5, 0.6) is 0 Å². The van der Waals surface area contributed by atoms with Crippen molar-refractivity contribution in [3.63, 3.8) is 0 Å². The number of aromatic nitrogens is 2. The summed E-state index contributed by atoms with van der Waals surface area (Å²) >= 11 is 8.11. The van der Waals surface area contributed by atoms with E-state index in [0.717, 1.165) is 48.3 Å². The first kappa shape index (κ1) is 21.5. The summed E-state index contributed by atoms with van der Waals surface area (Å²) in [5.74, 6) is 1.44. The van der Waals surface area contributed by atoms with Crippen LogP contribution in [0, 0.1) is 0 Å². The van der Waals surface area contributed by atoms with Gasteiger partial charge in [-0.25, -0.2) is 4.98 Å². The molecule has 1 unspecified atom stereocenters. The van der Waals surface area contributed by atoms with Crippen LogP contribution >= 0.6 is 22.9 Å². The Balaban J connectivity index is 1.92. The zero-order valence-electron chi connectivity index (χ0n) is 18.0. The van der Waals surface area contributed by atoms with Crippen molar-refractivity contribution in [3.8, 4) is 11.1 Å². The van der Waals surface area contributed by atoms with Crippen molar-refractivity contribution in [1.29, 1.82) is 0 Å². The monoisotopic (exact) mass is 443 g/mol. The van der Waals surface area contributed by atoms with Crippen LogP contribution in [0.25, 0.3) is 21.3 Å². The predicted molar refractivity (Wildman–Crippen MR) is 128 cm³/mol. The second-order valence-corrected chi connectivity index (χ2v) is 9.80. The van der Waals surface area contributed by atoms with Gasteiger partial charge in [0.2, 0.25) is 5.28 Å². The van der Waals surface area contributed by atoms with Crippen LogP contribution in [0.2, 0.25) is 5.28 Å². The Morgan fingerprint density at radius 2 is 1.97 bits per heavy atom. The molecule has 0 bridgehead atoms. The first-order valence-electron chi connectivity index (χ1n) is 11.0. The number of halogens is 1. The van der Waals surface area contributed by atoms with Crippen LogP contribution in [-0.2, 0) is 6.42 Å². The molecule has 160 valence electrons. The van der Waals surface area contributed by atoms with E-state index in [-0.39, 0.29) is 6.61 Å². The highest BCUT2D eigenvalue weighted by atomic mass is 35.5. The highest BCUT2D eigenvalue weighted by molar-refractivity contribution is 7.19. The molecule has 1 N–H and O–H groups in total. The van der Waals surface area contributed by atoms with Gasteiger partial charge in [-0.2, -0.15) is 4.98 Å². The third kappa shape index (κ3) is 4.08. The second-order valence-electron chi connectivity index (χ2n) is 8.38. The summed E-state index contributed by atoms with van der Waals surface area (Å²) in [5.41, 5.74) is 3.80. The minimum Gasteiger partial charge on any atom is -0.396 e. The van der Waals surface area contributed by atoms with Gasteiger partial charge in [-0.3, -0.25) is 0 Å². The van der Waals surface area contributed by atoms with E-state index >= 15 is 0 Å². The van der Waals surface area contributed by atoms with Gasteiger partial charge in [0.1, 0.15) is 10.6 Å². The summed E-state index contributed by atoms with van der Waals surface area (Å²) < 4.78 is 0. The molecule has 2 aromatic heterocycles. The van der Waals surface area contributed by atoms with E-state index < -0.39 is 0 Å².